The summed E-state index contributed by atoms with van der Waals surface area (Å²) in [5.41, 5.74) is 2.68. The Hall–Kier alpha value is -2.86. The summed E-state index contributed by atoms with van der Waals surface area (Å²) in [6.07, 6.45) is 0. The Morgan fingerprint density at radius 2 is 2.00 bits per heavy atom. The standard InChI is InChI=1S/C19H19N3O2S/c1-13-6-5-7-15(10-13)24-17-9-4-3-8-16(17)22-19(23)20-11-18-21-14(2)12-25-18/h3-10,12H,11H2,1-2H3,(H2,20,22,23). The molecule has 6 heteroatoms. The molecule has 0 saturated heterocycles. The number of thiazole rings is 1. The maximum absolute atomic E-state index is 12.2. The maximum atomic E-state index is 12.2. The van der Waals surface area contributed by atoms with E-state index in [4.69, 9.17) is 4.74 Å². The summed E-state index contributed by atoms with van der Waals surface area (Å²) >= 11 is 1.53. The zero-order chi connectivity index (χ0) is 17.6. The second-order valence-corrected chi connectivity index (χ2v) is 6.55. The molecule has 0 spiro atoms. The topological polar surface area (TPSA) is 63.2 Å². The monoisotopic (exact) mass is 353 g/mol. The lowest BCUT2D eigenvalue weighted by molar-refractivity contribution is 0.251. The van der Waals surface area contributed by atoms with Gasteiger partial charge in [0, 0.05) is 11.1 Å². The molecule has 128 valence electrons. The van der Waals surface area contributed by atoms with Crippen molar-refractivity contribution < 1.29 is 9.53 Å². The number of carbonyl (C=O) groups excluding carboxylic acids is 1. The van der Waals surface area contributed by atoms with Crippen molar-refractivity contribution in [3.8, 4) is 11.5 Å². The number of amides is 2. The number of nitrogens with zero attached hydrogens (tertiary/aromatic N) is 1. The third-order valence-corrected chi connectivity index (χ3v) is 4.39. The molecule has 25 heavy (non-hydrogen) atoms. The second-order valence-electron chi connectivity index (χ2n) is 5.61. The van der Waals surface area contributed by atoms with E-state index in [9.17, 15) is 4.79 Å². The molecule has 0 saturated carbocycles. The van der Waals surface area contributed by atoms with E-state index in [2.05, 4.69) is 15.6 Å². The minimum Gasteiger partial charge on any atom is -0.455 e. The first kappa shape index (κ1) is 17.0. The van der Waals surface area contributed by atoms with Gasteiger partial charge in [0.2, 0.25) is 0 Å². The van der Waals surface area contributed by atoms with Crippen LogP contribution in [0.4, 0.5) is 10.5 Å². The summed E-state index contributed by atoms with van der Waals surface area (Å²) in [5, 5.41) is 8.46. The number of hydrogen-bond donors (Lipinski definition) is 2. The normalized spacial score (nSPS) is 10.3. The fourth-order valence-corrected chi connectivity index (χ4v) is 2.98. The Bertz CT molecular complexity index is 876. The first-order valence-corrected chi connectivity index (χ1v) is 8.77. The first-order chi connectivity index (χ1) is 12.1. The lowest BCUT2D eigenvalue weighted by Gasteiger charge is -2.13. The van der Waals surface area contributed by atoms with Crippen LogP contribution in [0.5, 0.6) is 11.5 Å². The Kier molecular flexibility index (Phi) is 5.30. The molecule has 5 nitrogen and oxygen atoms in total. The molecule has 0 bridgehead atoms. The second kappa shape index (κ2) is 7.81. The number of aryl methyl sites for hydroxylation is 2. The predicted octanol–water partition coefficient (Wildman–Crippen LogP) is 4.87. The summed E-state index contributed by atoms with van der Waals surface area (Å²) in [7, 11) is 0. The van der Waals surface area contributed by atoms with E-state index in [1.807, 2.05) is 61.7 Å². The number of urea groups is 1. The summed E-state index contributed by atoms with van der Waals surface area (Å²) < 4.78 is 5.90. The van der Waals surface area contributed by atoms with Crippen molar-refractivity contribution in [3.63, 3.8) is 0 Å². The van der Waals surface area contributed by atoms with Crippen LogP contribution in [0.1, 0.15) is 16.3 Å². The predicted molar refractivity (Wildman–Crippen MR) is 100 cm³/mol. The van der Waals surface area contributed by atoms with Gasteiger partial charge in [0.1, 0.15) is 10.8 Å². The molecule has 0 aliphatic heterocycles. The van der Waals surface area contributed by atoms with Gasteiger partial charge in [-0.3, -0.25) is 0 Å². The molecule has 3 rings (SSSR count). The Morgan fingerprint density at radius 3 is 2.76 bits per heavy atom. The van der Waals surface area contributed by atoms with Gasteiger partial charge in [0.05, 0.1) is 12.2 Å². The van der Waals surface area contributed by atoms with Crippen molar-refractivity contribution in [1.29, 1.82) is 0 Å². The minimum absolute atomic E-state index is 0.298. The lowest BCUT2D eigenvalue weighted by Crippen LogP contribution is -2.28. The smallest absolute Gasteiger partial charge is 0.319 e. The van der Waals surface area contributed by atoms with Crippen LogP contribution in [0.3, 0.4) is 0 Å². The van der Waals surface area contributed by atoms with Crippen molar-refractivity contribution >= 4 is 23.1 Å². The molecular weight excluding hydrogens is 334 g/mol. The number of carbonyl (C=O) groups is 1. The van der Waals surface area contributed by atoms with E-state index >= 15 is 0 Å². The quantitative estimate of drug-likeness (QED) is 0.687. The maximum Gasteiger partial charge on any atom is 0.319 e. The molecule has 0 atom stereocenters. The Labute approximate surface area is 150 Å². The number of benzene rings is 2. The minimum atomic E-state index is -0.298. The van der Waals surface area contributed by atoms with Gasteiger partial charge < -0.3 is 15.4 Å². The van der Waals surface area contributed by atoms with Crippen LogP contribution in [0.25, 0.3) is 0 Å². The van der Waals surface area contributed by atoms with Crippen LogP contribution in [0.2, 0.25) is 0 Å². The molecule has 0 fully saturated rings. The van der Waals surface area contributed by atoms with Crippen LogP contribution >= 0.6 is 11.3 Å². The van der Waals surface area contributed by atoms with Crippen molar-refractivity contribution in [2.24, 2.45) is 0 Å². The summed E-state index contributed by atoms with van der Waals surface area (Å²) in [6, 6.07) is 14.8. The third-order valence-electron chi connectivity index (χ3n) is 3.42. The number of anilines is 1. The number of ether oxygens (including phenoxy) is 1. The fraction of sp³-hybridized carbons (Fsp3) is 0.158. The molecule has 3 aromatic rings. The molecule has 2 N–H and O–H groups in total. The zero-order valence-electron chi connectivity index (χ0n) is 14.1. The number of nitrogens with one attached hydrogen (secondary N) is 2. The van der Waals surface area contributed by atoms with Crippen LogP contribution in [0, 0.1) is 13.8 Å². The van der Waals surface area contributed by atoms with Gasteiger partial charge in [-0.15, -0.1) is 11.3 Å². The SMILES string of the molecule is Cc1cccc(Oc2ccccc2NC(=O)NCc2nc(C)cs2)c1. The van der Waals surface area contributed by atoms with E-state index < -0.39 is 0 Å². The average Bonchev–Trinajstić information content (AvgIpc) is 3.00. The highest BCUT2D eigenvalue weighted by Gasteiger charge is 2.09. The molecule has 2 aromatic carbocycles. The van der Waals surface area contributed by atoms with Gasteiger partial charge in [0.25, 0.3) is 0 Å². The van der Waals surface area contributed by atoms with Gasteiger partial charge >= 0.3 is 6.03 Å². The summed E-state index contributed by atoms with van der Waals surface area (Å²) in [6.45, 7) is 4.33. The molecule has 2 amide bonds. The Morgan fingerprint density at radius 1 is 1.16 bits per heavy atom. The van der Waals surface area contributed by atoms with Gasteiger partial charge in [-0.05, 0) is 43.7 Å². The fourth-order valence-electron chi connectivity index (χ4n) is 2.27. The Balaban J connectivity index is 1.65. The van der Waals surface area contributed by atoms with Gasteiger partial charge in [-0.1, -0.05) is 24.3 Å². The highest BCUT2D eigenvalue weighted by Crippen LogP contribution is 2.29. The van der Waals surface area contributed by atoms with Crippen LogP contribution in [0.15, 0.2) is 53.9 Å². The molecular formula is C19H19N3O2S. The molecule has 1 heterocycles. The molecule has 0 aliphatic rings. The summed E-state index contributed by atoms with van der Waals surface area (Å²) in [5.74, 6) is 1.32. The average molecular weight is 353 g/mol. The third kappa shape index (κ3) is 4.81. The van der Waals surface area contributed by atoms with E-state index in [0.717, 1.165) is 22.0 Å². The number of hydrogen-bond acceptors (Lipinski definition) is 4. The molecule has 0 radical (unpaired) electrons. The van der Waals surface area contributed by atoms with Gasteiger partial charge in [-0.2, -0.15) is 0 Å². The summed E-state index contributed by atoms with van der Waals surface area (Å²) in [4.78, 5) is 16.5. The van der Waals surface area contributed by atoms with E-state index in [1.165, 1.54) is 11.3 Å². The van der Waals surface area contributed by atoms with E-state index in [1.54, 1.807) is 6.07 Å². The zero-order valence-corrected chi connectivity index (χ0v) is 14.9. The van der Waals surface area contributed by atoms with Crippen molar-refractivity contribution in [3.05, 3.63) is 70.2 Å². The molecule has 0 unspecified atom stereocenters. The lowest BCUT2D eigenvalue weighted by atomic mass is 10.2. The number of rotatable bonds is 5. The number of aromatic nitrogens is 1. The highest BCUT2D eigenvalue weighted by molar-refractivity contribution is 7.09. The van der Waals surface area contributed by atoms with Crippen LogP contribution in [-0.2, 0) is 6.54 Å². The van der Waals surface area contributed by atoms with E-state index in [0.29, 0.717) is 18.0 Å². The van der Waals surface area contributed by atoms with Crippen molar-refractivity contribution in [2.75, 3.05) is 5.32 Å². The number of para-hydroxylation sites is 2. The van der Waals surface area contributed by atoms with Crippen molar-refractivity contribution in [2.45, 2.75) is 20.4 Å². The van der Waals surface area contributed by atoms with Gasteiger partial charge in [-0.25, -0.2) is 9.78 Å². The van der Waals surface area contributed by atoms with Crippen molar-refractivity contribution in [1.82, 2.24) is 10.3 Å². The molecule has 0 aliphatic carbocycles. The van der Waals surface area contributed by atoms with Gasteiger partial charge in [0.15, 0.2) is 5.75 Å². The van der Waals surface area contributed by atoms with E-state index in [-0.39, 0.29) is 6.03 Å². The first-order valence-electron chi connectivity index (χ1n) is 7.89. The largest absolute Gasteiger partial charge is 0.455 e. The molecule has 1 aromatic heterocycles. The van der Waals surface area contributed by atoms with Crippen LogP contribution in [-0.4, -0.2) is 11.0 Å². The highest BCUT2D eigenvalue weighted by atomic mass is 32.1. The van der Waals surface area contributed by atoms with Crippen LogP contribution < -0.4 is 15.4 Å².